The largest absolute Gasteiger partial charge is 0.416 e. The summed E-state index contributed by atoms with van der Waals surface area (Å²) in [6.07, 6.45) is -2.22. The van der Waals surface area contributed by atoms with Gasteiger partial charge in [-0.05, 0) is 80.3 Å². The maximum atomic E-state index is 13.0. The van der Waals surface area contributed by atoms with Crippen LogP contribution in [0.5, 0.6) is 0 Å². The number of H-pyrrole nitrogens is 1. The molecular formula is C27H26F3N3O2. The van der Waals surface area contributed by atoms with Crippen molar-refractivity contribution < 1.29 is 18.0 Å². The predicted octanol–water partition coefficient (Wildman–Crippen LogP) is 5.90. The van der Waals surface area contributed by atoms with Crippen LogP contribution in [0.25, 0.3) is 22.0 Å². The van der Waals surface area contributed by atoms with Crippen LogP contribution in [0.3, 0.4) is 0 Å². The molecule has 5 nitrogen and oxygen atoms in total. The lowest BCUT2D eigenvalue weighted by Gasteiger charge is -2.13. The number of primary amides is 1. The number of aromatic amines is 1. The van der Waals surface area contributed by atoms with Crippen LogP contribution in [0.4, 0.5) is 13.2 Å². The molecule has 3 N–H and O–H groups in total. The Morgan fingerprint density at radius 3 is 2.26 bits per heavy atom. The van der Waals surface area contributed by atoms with Crippen molar-refractivity contribution in [3.8, 4) is 11.1 Å². The maximum Gasteiger partial charge on any atom is 0.416 e. The molecule has 35 heavy (non-hydrogen) atoms. The third-order valence-corrected chi connectivity index (χ3v) is 6.24. The lowest BCUT2D eigenvalue weighted by atomic mass is 9.95. The second-order valence-electron chi connectivity index (χ2n) is 9.13. The molecule has 4 aromatic rings. The summed E-state index contributed by atoms with van der Waals surface area (Å²) in [5, 5.41) is 0.640. The standard InChI is InChI=1S/C27H26F3N3O2/c1-14(2)33-13-19(11-21-15(3)9-16(4)32-26(21)35)24-22(25(31)34)10-18(12-23(24)33)17-5-7-20(8-6-17)27(28,29)30/h5-10,12-14H,11H2,1-4H3,(H2,31,34)(H,32,35). The van der Waals surface area contributed by atoms with Gasteiger partial charge in [0.25, 0.3) is 5.56 Å². The summed E-state index contributed by atoms with van der Waals surface area (Å²) >= 11 is 0. The zero-order valence-corrected chi connectivity index (χ0v) is 19.9. The number of hydrogen-bond donors (Lipinski definition) is 2. The van der Waals surface area contributed by atoms with E-state index in [4.69, 9.17) is 5.73 Å². The van der Waals surface area contributed by atoms with E-state index in [2.05, 4.69) is 4.98 Å². The molecule has 0 bridgehead atoms. The molecule has 1 amide bonds. The highest BCUT2D eigenvalue weighted by Crippen LogP contribution is 2.35. The van der Waals surface area contributed by atoms with Crippen LogP contribution in [0, 0.1) is 13.8 Å². The van der Waals surface area contributed by atoms with E-state index in [-0.39, 0.29) is 17.2 Å². The zero-order valence-electron chi connectivity index (χ0n) is 19.9. The molecule has 0 fully saturated rings. The molecular weight excluding hydrogens is 455 g/mol. The third-order valence-electron chi connectivity index (χ3n) is 6.24. The molecule has 2 aromatic heterocycles. The molecule has 2 aromatic carbocycles. The summed E-state index contributed by atoms with van der Waals surface area (Å²) in [4.78, 5) is 28.0. The van der Waals surface area contributed by atoms with Gasteiger partial charge in [0.15, 0.2) is 0 Å². The van der Waals surface area contributed by atoms with Gasteiger partial charge < -0.3 is 15.3 Å². The van der Waals surface area contributed by atoms with Gasteiger partial charge in [0.1, 0.15) is 0 Å². The minimum atomic E-state index is -4.44. The van der Waals surface area contributed by atoms with Crippen LogP contribution in [0.1, 0.15) is 58.2 Å². The molecule has 8 heteroatoms. The monoisotopic (exact) mass is 481 g/mol. The number of nitrogens with one attached hydrogen (secondary N) is 1. The molecule has 0 aliphatic carbocycles. The second-order valence-corrected chi connectivity index (χ2v) is 9.13. The molecule has 182 valence electrons. The smallest absolute Gasteiger partial charge is 0.366 e. The van der Waals surface area contributed by atoms with Crippen molar-refractivity contribution >= 4 is 16.8 Å². The number of amides is 1. The summed E-state index contributed by atoms with van der Waals surface area (Å²) in [7, 11) is 0. The summed E-state index contributed by atoms with van der Waals surface area (Å²) in [5.74, 6) is -0.652. The van der Waals surface area contributed by atoms with Crippen LogP contribution in [0.15, 0.2) is 53.5 Å². The van der Waals surface area contributed by atoms with Crippen molar-refractivity contribution in [3.63, 3.8) is 0 Å². The Bertz CT molecular complexity index is 1490. The Balaban J connectivity index is 1.94. The minimum absolute atomic E-state index is 0.0206. The van der Waals surface area contributed by atoms with E-state index in [1.54, 1.807) is 6.07 Å². The molecule has 0 unspecified atom stereocenters. The number of nitrogens with zero attached hydrogens (tertiary/aromatic N) is 1. The van der Waals surface area contributed by atoms with Gasteiger partial charge in [0.2, 0.25) is 5.91 Å². The van der Waals surface area contributed by atoms with Gasteiger partial charge >= 0.3 is 6.18 Å². The number of carbonyl (C=O) groups excluding carboxylic acids is 1. The van der Waals surface area contributed by atoms with Crippen LogP contribution < -0.4 is 11.3 Å². The Morgan fingerprint density at radius 2 is 1.71 bits per heavy atom. The number of aromatic nitrogens is 2. The number of fused-ring (bicyclic) bond motifs is 1. The van der Waals surface area contributed by atoms with Crippen molar-refractivity contribution in [3.05, 3.63) is 92.5 Å². The van der Waals surface area contributed by atoms with Crippen molar-refractivity contribution in [2.24, 2.45) is 5.73 Å². The fourth-order valence-corrected chi connectivity index (χ4v) is 4.54. The molecule has 0 saturated carbocycles. The molecule has 0 atom stereocenters. The predicted molar refractivity (Wildman–Crippen MR) is 131 cm³/mol. The van der Waals surface area contributed by atoms with Crippen LogP contribution >= 0.6 is 0 Å². The van der Waals surface area contributed by atoms with Crippen molar-refractivity contribution in [1.29, 1.82) is 0 Å². The first-order chi connectivity index (χ1) is 16.4. The van der Waals surface area contributed by atoms with Crippen molar-refractivity contribution in [1.82, 2.24) is 9.55 Å². The molecule has 4 rings (SSSR count). The van der Waals surface area contributed by atoms with Crippen LogP contribution in [-0.2, 0) is 12.6 Å². The number of carbonyl (C=O) groups is 1. The molecule has 0 aliphatic rings. The van der Waals surface area contributed by atoms with E-state index in [0.29, 0.717) is 28.5 Å². The lowest BCUT2D eigenvalue weighted by molar-refractivity contribution is -0.137. The van der Waals surface area contributed by atoms with E-state index >= 15 is 0 Å². The van der Waals surface area contributed by atoms with E-state index in [1.165, 1.54) is 12.1 Å². The summed E-state index contributed by atoms with van der Waals surface area (Å²) in [5.41, 5.74) is 9.92. The van der Waals surface area contributed by atoms with Gasteiger partial charge in [-0.15, -0.1) is 0 Å². The Labute approximate surface area is 200 Å². The molecule has 2 heterocycles. The van der Waals surface area contributed by atoms with Crippen molar-refractivity contribution in [2.75, 3.05) is 0 Å². The fourth-order valence-electron chi connectivity index (χ4n) is 4.54. The van der Waals surface area contributed by atoms with E-state index < -0.39 is 17.6 Å². The molecule has 0 aliphatic heterocycles. The van der Waals surface area contributed by atoms with Crippen molar-refractivity contribution in [2.45, 2.75) is 46.3 Å². The number of benzene rings is 2. The molecule has 0 saturated heterocycles. The molecule has 0 spiro atoms. The number of rotatable bonds is 5. The van der Waals surface area contributed by atoms with Gasteiger partial charge in [0.05, 0.1) is 5.56 Å². The summed E-state index contributed by atoms with van der Waals surface area (Å²) < 4.78 is 41.0. The normalized spacial score (nSPS) is 12.0. The third kappa shape index (κ3) is 4.60. The van der Waals surface area contributed by atoms with E-state index in [1.807, 2.05) is 50.6 Å². The lowest BCUT2D eigenvalue weighted by Crippen LogP contribution is -2.16. The number of alkyl halides is 3. The van der Waals surface area contributed by atoms with Gasteiger partial charge in [-0.1, -0.05) is 12.1 Å². The topological polar surface area (TPSA) is 80.9 Å². The first-order valence-corrected chi connectivity index (χ1v) is 11.2. The second kappa shape index (κ2) is 8.76. The Morgan fingerprint density at radius 1 is 1.06 bits per heavy atom. The first kappa shape index (κ1) is 24.3. The molecule has 0 radical (unpaired) electrons. The number of nitrogens with two attached hydrogens (primary N) is 1. The fraction of sp³-hybridized carbons (Fsp3) is 0.259. The highest BCUT2D eigenvalue weighted by molar-refractivity contribution is 6.09. The number of hydrogen-bond acceptors (Lipinski definition) is 2. The SMILES string of the molecule is Cc1cc(C)c(Cc2cn(C(C)C)c3cc(-c4ccc(C(F)(F)F)cc4)cc(C(N)=O)c23)c(=O)[nH]1. The van der Waals surface area contributed by atoms with Crippen LogP contribution in [0.2, 0.25) is 0 Å². The average molecular weight is 482 g/mol. The van der Waals surface area contributed by atoms with E-state index in [0.717, 1.165) is 34.5 Å². The zero-order chi connectivity index (χ0) is 25.7. The van der Waals surface area contributed by atoms with Gasteiger partial charge in [-0.25, -0.2) is 0 Å². The Hall–Kier alpha value is -3.81. The minimum Gasteiger partial charge on any atom is -0.366 e. The van der Waals surface area contributed by atoms with E-state index in [9.17, 15) is 22.8 Å². The number of aryl methyl sites for hydroxylation is 2. The quantitative estimate of drug-likeness (QED) is 0.372. The number of pyridine rings is 1. The van der Waals surface area contributed by atoms with Gasteiger partial charge in [0, 0.05) is 46.4 Å². The summed E-state index contributed by atoms with van der Waals surface area (Å²) in [6.45, 7) is 7.66. The first-order valence-electron chi connectivity index (χ1n) is 11.2. The highest BCUT2D eigenvalue weighted by atomic mass is 19.4. The average Bonchev–Trinajstić information content (AvgIpc) is 3.13. The Kier molecular flexibility index (Phi) is 6.09. The van der Waals surface area contributed by atoms with Gasteiger partial charge in [-0.3, -0.25) is 9.59 Å². The number of halogens is 3. The maximum absolute atomic E-state index is 13.0. The highest BCUT2D eigenvalue weighted by Gasteiger charge is 2.30. The van der Waals surface area contributed by atoms with Gasteiger partial charge in [-0.2, -0.15) is 13.2 Å². The van der Waals surface area contributed by atoms with Crippen LogP contribution in [-0.4, -0.2) is 15.5 Å². The summed E-state index contributed by atoms with van der Waals surface area (Å²) in [6, 6.07) is 10.2.